The Morgan fingerprint density at radius 3 is 2.48 bits per heavy atom. The Balaban J connectivity index is 2.23. The number of carbonyl (C=O) groups is 1. The molecule has 4 nitrogen and oxygen atoms in total. The third-order valence-electron chi connectivity index (χ3n) is 3.08. The minimum atomic E-state index is -0.323. The molecule has 0 radical (unpaired) electrons. The molecule has 2 rings (SSSR count). The van der Waals surface area contributed by atoms with Crippen molar-refractivity contribution in [2.24, 2.45) is 0 Å². The van der Waals surface area contributed by atoms with Crippen molar-refractivity contribution < 1.29 is 4.79 Å². The van der Waals surface area contributed by atoms with E-state index in [1.165, 1.54) is 11.8 Å². The maximum Gasteiger partial charge on any atom is 0.206 e. The summed E-state index contributed by atoms with van der Waals surface area (Å²) in [6.07, 6.45) is 5.22. The molecular formula is C17H14ClN3OS. The topological polar surface area (TPSA) is 65.8 Å². The van der Waals surface area contributed by atoms with Crippen LogP contribution >= 0.6 is 23.4 Å². The Morgan fingerprint density at radius 1 is 1.26 bits per heavy atom. The average Bonchev–Trinajstić information content (AvgIpc) is 2.59. The van der Waals surface area contributed by atoms with Gasteiger partial charge in [-0.1, -0.05) is 11.6 Å². The highest BCUT2D eigenvalue weighted by Crippen LogP contribution is 2.20. The first kappa shape index (κ1) is 17.1. The van der Waals surface area contributed by atoms with Crippen molar-refractivity contribution in [3.63, 3.8) is 0 Å². The van der Waals surface area contributed by atoms with E-state index in [1.807, 2.05) is 24.5 Å². The molecule has 0 aliphatic heterocycles. The molecule has 0 fully saturated rings. The lowest BCUT2D eigenvalue weighted by atomic mass is 10.1. The number of ketones is 1. The molecule has 0 saturated heterocycles. The zero-order valence-electron chi connectivity index (χ0n) is 12.4. The number of nitrogens with one attached hydrogen (secondary N) is 1. The van der Waals surface area contributed by atoms with Crippen molar-refractivity contribution in [2.45, 2.75) is 6.54 Å². The summed E-state index contributed by atoms with van der Waals surface area (Å²) in [4.78, 5) is 16.5. The fourth-order valence-corrected chi connectivity index (χ4v) is 2.58. The van der Waals surface area contributed by atoms with Crippen LogP contribution in [0, 0.1) is 11.3 Å². The summed E-state index contributed by atoms with van der Waals surface area (Å²) in [5.74, 6) is -0.323. The van der Waals surface area contributed by atoms with Gasteiger partial charge in [0.1, 0.15) is 11.6 Å². The number of thioether (sulfide) groups is 1. The van der Waals surface area contributed by atoms with Gasteiger partial charge in [0.05, 0.1) is 5.03 Å². The molecule has 0 spiro atoms. The first-order chi connectivity index (χ1) is 11.2. The Labute approximate surface area is 144 Å². The summed E-state index contributed by atoms with van der Waals surface area (Å²) in [5.41, 5.74) is 1.54. The number of nitriles is 1. The highest BCUT2D eigenvalue weighted by atomic mass is 35.5. The number of hydrogen-bond donors (Lipinski definition) is 1. The number of Topliss-reactive ketones (excluding diaryl/α,β-unsaturated/α-hetero) is 1. The van der Waals surface area contributed by atoms with E-state index in [0.717, 1.165) is 5.56 Å². The predicted molar refractivity (Wildman–Crippen MR) is 93.0 cm³/mol. The van der Waals surface area contributed by atoms with Crippen molar-refractivity contribution in [3.05, 3.63) is 75.5 Å². The summed E-state index contributed by atoms with van der Waals surface area (Å²) in [7, 11) is 0. The van der Waals surface area contributed by atoms with Crippen LogP contribution in [0.5, 0.6) is 0 Å². The fraction of sp³-hybridized carbons (Fsp3) is 0.118. The quantitative estimate of drug-likeness (QED) is 0.491. The van der Waals surface area contributed by atoms with Gasteiger partial charge in [0.15, 0.2) is 0 Å². The molecule has 6 heteroatoms. The van der Waals surface area contributed by atoms with E-state index >= 15 is 0 Å². The minimum Gasteiger partial charge on any atom is -0.375 e. The average molecular weight is 344 g/mol. The van der Waals surface area contributed by atoms with E-state index in [2.05, 4.69) is 10.3 Å². The highest BCUT2D eigenvalue weighted by Gasteiger charge is 2.17. The molecule has 0 atom stereocenters. The van der Waals surface area contributed by atoms with Crippen LogP contribution in [0.4, 0.5) is 0 Å². The molecular weight excluding hydrogens is 330 g/mol. The van der Waals surface area contributed by atoms with Crippen LogP contribution in [0.25, 0.3) is 0 Å². The molecule has 0 unspecified atom stereocenters. The van der Waals surface area contributed by atoms with Crippen molar-refractivity contribution in [1.29, 1.82) is 5.26 Å². The lowest BCUT2D eigenvalue weighted by Gasteiger charge is -2.11. The normalized spacial score (nSPS) is 11.3. The summed E-state index contributed by atoms with van der Waals surface area (Å²) < 4.78 is 0. The maximum atomic E-state index is 12.5. The molecule has 0 aliphatic rings. The molecule has 116 valence electrons. The maximum absolute atomic E-state index is 12.5. The first-order valence-corrected chi connectivity index (χ1v) is 8.37. The van der Waals surface area contributed by atoms with Gasteiger partial charge in [-0.05, 0) is 48.2 Å². The molecule has 0 bridgehead atoms. The monoisotopic (exact) mass is 343 g/mol. The standard InChI is InChI=1S/C17H14ClN3OS/c1-23-17(21-11-12-6-8-20-9-7-12)15(10-19)16(22)13-2-4-14(18)5-3-13/h2-9,21H,11H2,1H3/b17-15-. The number of allylic oxidation sites excluding steroid dienone is 1. The van der Waals surface area contributed by atoms with Gasteiger partial charge in [-0.3, -0.25) is 9.78 Å². The molecule has 1 aromatic carbocycles. The largest absolute Gasteiger partial charge is 0.375 e. The van der Waals surface area contributed by atoms with Crippen molar-refractivity contribution in [3.8, 4) is 6.07 Å². The zero-order chi connectivity index (χ0) is 16.7. The van der Waals surface area contributed by atoms with Gasteiger partial charge in [-0.25, -0.2) is 0 Å². The molecule has 1 heterocycles. The molecule has 0 saturated carbocycles. The van der Waals surface area contributed by atoms with Crippen molar-refractivity contribution in [1.82, 2.24) is 10.3 Å². The number of rotatable bonds is 6. The number of carbonyl (C=O) groups excluding carboxylic acids is 1. The number of halogens is 1. The molecule has 1 N–H and O–H groups in total. The van der Waals surface area contributed by atoms with Gasteiger partial charge in [0.2, 0.25) is 5.78 Å². The highest BCUT2D eigenvalue weighted by molar-refractivity contribution is 8.02. The Kier molecular flexibility index (Phi) is 6.21. The van der Waals surface area contributed by atoms with Gasteiger partial charge in [-0.2, -0.15) is 5.26 Å². The number of nitrogens with zero attached hydrogens (tertiary/aromatic N) is 2. The molecule has 23 heavy (non-hydrogen) atoms. The third kappa shape index (κ3) is 4.59. The molecule has 0 amide bonds. The number of hydrogen-bond acceptors (Lipinski definition) is 5. The van der Waals surface area contributed by atoms with Crippen LogP contribution in [0.15, 0.2) is 59.4 Å². The second-order valence-corrected chi connectivity index (χ2v) is 5.82. The summed E-state index contributed by atoms with van der Waals surface area (Å²) >= 11 is 7.16. The van der Waals surface area contributed by atoms with Gasteiger partial charge in [0, 0.05) is 29.5 Å². The van der Waals surface area contributed by atoms with Crippen LogP contribution in [-0.2, 0) is 6.54 Å². The number of pyridine rings is 1. The van der Waals surface area contributed by atoms with E-state index in [4.69, 9.17) is 11.6 Å². The fourth-order valence-electron chi connectivity index (χ4n) is 1.90. The van der Waals surface area contributed by atoms with Gasteiger partial charge >= 0.3 is 0 Å². The molecule has 1 aromatic heterocycles. The van der Waals surface area contributed by atoms with Gasteiger partial charge in [0.25, 0.3) is 0 Å². The SMILES string of the molecule is CS/C(NCc1ccncc1)=C(/C#N)C(=O)c1ccc(Cl)cc1. The summed E-state index contributed by atoms with van der Waals surface area (Å²) in [6, 6.07) is 12.2. The van der Waals surface area contributed by atoms with E-state index in [1.54, 1.807) is 36.7 Å². The molecule has 2 aromatic rings. The second-order valence-electron chi connectivity index (χ2n) is 4.57. The summed E-state index contributed by atoms with van der Waals surface area (Å²) in [6.45, 7) is 0.512. The Hall–Kier alpha value is -2.29. The first-order valence-electron chi connectivity index (χ1n) is 6.77. The van der Waals surface area contributed by atoms with Crippen molar-refractivity contribution in [2.75, 3.05) is 6.26 Å². The van der Waals surface area contributed by atoms with Crippen LogP contribution in [0.1, 0.15) is 15.9 Å². The second kappa shape index (κ2) is 8.37. The Bertz CT molecular complexity index is 752. The zero-order valence-corrected chi connectivity index (χ0v) is 14.0. The van der Waals surface area contributed by atoms with Crippen LogP contribution in [0.2, 0.25) is 5.02 Å². The van der Waals surface area contributed by atoms with Crippen molar-refractivity contribution >= 4 is 29.1 Å². The predicted octanol–water partition coefficient (Wildman–Crippen LogP) is 3.81. The van der Waals surface area contributed by atoms with E-state index in [0.29, 0.717) is 22.2 Å². The number of aromatic nitrogens is 1. The van der Waals surface area contributed by atoms with E-state index in [-0.39, 0.29) is 11.4 Å². The van der Waals surface area contributed by atoms with E-state index < -0.39 is 0 Å². The molecule has 0 aliphatic carbocycles. The summed E-state index contributed by atoms with van der Waals surface area (Å²) in [5, 5.41) is 13.6. The Morgan fingerprint density at radius 2 is 1.91 bits per heavy atom. The lowest BCUT2D eigenvalue weighted by molar-refractivity contribution is 0.103. The number of benzene rings is 1. The lowest BCUT2D eigenvalue weighted by Crippen LogP contribution is -2.16. The smallest absolute Gasteiger partial charge is 0.206 e. The van der Waals surface area contributed by atoms with Crippen LogP contribution in [0.3, 0.4) is 0 Å². The third-order valence-corrected chi connectivity index (χ3v) is 4.09. The van der Waals surface area contributed by atoms with Crippen LogP contribution in [-0.4, -0.2) is 17.0 Å². The van der Waals surface area contributed by atoms with E-state index in [9.17, 15) is 10.1 Å². The minimum absolute atomic E-state index is 0.0916. The van der Waals surface area contributed by atoms with Gasteiger partial charge < -0.3 is 5.32 Å². The van der Waals surface area contributed by atoms with Crippen LogP contribution < -0.4 is 5.32 Å². The van der Waals surface area contributed by atoms with Gasteiger partial charge in [-0.15, -0.1) is 11.8 Å².